The number of allylic oxidation sites excluding steroid dienone is 2. The van der Waals surface area contributed by atoms with Crippen molar-refractivity contribution < 1.29 is 19.2 Å². The molecule has 1 saturated heterocycles. The number of aryl methyl sites for hydroxylation is 1. The van der Waals surface area contributed by atoms with Crippen LogP contribution in [-0.2, 0) is 9.59 Å². The van der Waals surface area contributed by atoms with Gasteiger partial charge in [0.2, 0.25) is 0 Å². The first-order chi connectivity index (χ1) is 15.3. The van der Waals surface area contributed by atoms with Gasteiger partial charge in [0.05, 0.1) is 22.4 Å². The summed E-state index contributed by atoms with van der Waals surface area (Å²) in [6.07, 6.45) is 2.86. The minimum atomic E-state index is -0.666. The lowest BCUT2D eigenvalue weighted by molar-refractivity contribution is -0.154. The third-order valence-electron chi connectivity index (χ3n) is 6.05. The molecule has 2 aromatic carbocycles. The van der Waals surface area contributed by atoms with Crippen molar-refractivity contribution in [2.24, 2.45) is 11.8 Å². The van der Waals surface area contributed by atoms with E-state index >= 15 is 0 Å². The molecule has 6 nitrogen and oxygen atoms in total. The molecular weight excluding hydrogens is 428 g/mol. The Bertz CT molecular complexity index is 1140. The Hall–Kier alpha value is -3.25. The molecule has 32 heavy (non-hydrogen) atoms. The number of halogens is 1. The van der Waals surface area contributed by atoms with Crippen LogP contribution in [0.2, 0.25) is 5.02 Å². The van der Waals surface area contributed by atoms with Crippen LogP contribution in [0.1, 0.15) is 46.0 Å². The van der Waals surface area contributed by atoms with Crippen LogP contribution in [0, 0.1) is 18.8 Å². The predicted octanol–water partition coefficient (Wildman–Crippen LogP) is 4.23. The number of carbonyl (C=O) groups excluding carboxylic acids is 4. The number of amides is 3. The van der Waals surface area contributed by atoms with E-state index in [1.807, 2.05) is 19.9 Å². The minimum absolute atomic E-state index is 0.121. The smallest absolute Gasteiger partial charge is 0.274 e. The molecule has 0 radical (unpaired) electrons. The lowest BCUT2D eigenvalue weighted by Crippen LogP contribution is -2.52. The number of hydrogen-bond acceptors (Lipinski definition) is 4. The number of Topliss-reactive ketones (excluding diaryl/α,β-unsaturated/α-hetero) is 1. The highest BCUT2D eigenvalue weighted by molar-refractivity contribution is 6.34. The molecule has 0 N–H and O–H groups in total. The first-order valence-corrected chi connectivity index (χ1v) is 10.9. The Morgan fingerprint density at radius 2 is 1.66 bits per heavy atom. The molecule has 1 fully saturated rings. The Morgan fingerprint density at radius 3 is 2.34 bits per heavy atom. The van der Waals surface area contributed by atoms with Crippen molar-refractivity contribution in [3.05, 3.63) is 81.9 Å². The molecule has 0 aromatic heterocycles. The lowest BCUT2D eigenvalue weighted by Gasteiger charge is -2.30. The second-order valence-electron chi connectivity index (χ2n) is 8.32. The van der Waals surface area contributed by atoms with Gasteiger partial charge in [-0.2, -0.15) is 5.01 Å². The Morgan fingerprint density at radius 1 is 1.00 bits per heavy atom. The fraction of sp³-hybridized carbons (Fsp3) is 0.280. The summed E-state index contributed by atoms with van der Waals surface area (Å²) in [7, 11) is 0. The van der Waals surface area contributed by atoms with Crippen LogP contribution in [0.3, 0.4) is 0 Å². The molecule has 0 bridgehead atoms. The van der Waals surface area contributed by atoms with Crippen molar-refractivity contribution in [3.8, 4) is 0 Å². The quantitative estimate of drug-likeness (QED) is 0.388. The third kappa shape index (κ3) is 3.98. The van der Waals surface area contributed by atoms with E-state index in [1.54, 1.807) is 42.5 Å². The number of fused-ring (bicyclic) bond motifs is 1. The summed E-state index contributed by atoms with van der Waals surface area (Å²) in [5.41, 5.74) is 2.54. The van der Waals surface area contributed by atoms with Crippen LogP contribution in [0.4, 0.5) is 0 Å². The Balaban J connectivity index is 1.71. The van der Waals surface area contributed by atoms with Gasteiger partial charge in [-0.05, 0) is 38.8 Å². The number of benzene rings is 2. The molecular formula is C25H23ClN2O4. The van der Waals surface area contributed by atoms with Gasteiger partial charge >= 0.3 is 0 Å². The summed E-state index contributed by atoms with van der Waals surface area (Å²) >= 11 is 6.23. The van der Waals surface area contributed by atoms with Crippen molar-refractivity contribution in [1.29, 1.82) is 0 Å². The maximum absolute atomic E-state index is 13.5. The van der Waals surface area contributed by atoms with Crippen LogP contribution in [-0.4, -0.2) is 40.1 Å². The van der Waals surface area contributed by atoms with E-state index in [4.69, 9.17) is 11.6 Å². The minimum Gasteiger partial charge on any atom is -0.292 e. The van der Waals surface area contributed by atoms with Gasteiger partial charge in [-0.1, -0.05) is 65.2 Å². The number of hydrazine groups is 1. The largest absolute Gasteiger partial charge is 0.292 e. The van der Waals surface area contributed by atoms with E-state index in [9.17, 15) is 19.2 Å². The van der Waals surface area contributed by atoms with E-state index in [2.05, 4.69) is 0 Å². The van der Waals surface area contributed by atoms with Gasteiger partial charge in [0, 0.05) is 5.56 Å². The molecule has 2 atom stereocenters. The summed E-state index contributed by atoms with van der Waals surface area (Å²) < 4.78 is 0. The van der Waals surface area contributed by atoms with Crippen molar-refractivity contribution in [3.63, 3.8) is 0 Å². The highest BCUT2D eigenvalue weighted by atomic mass is 35.5. The van der Waals surface area contributed by atoms with E-state index in [0.717, 1.165) is 21.2 Å². The first kappa shape index (κ1) is 22.0. The average molecular weight is 451 g/mol. The molecule has 7 heteroatoms. The molecule has 1 aliphatic carbocycles. The lowest BCUT2D eigenvalue weighted by atomic mass is 9.82. The van der Waals surface area contributed by atoms with Crippen molar-refractivity contribution >= 4 is 35.1 Å². The number of ketones is 1. The summed E-state index contributed by atoms with van der Waals surface area (Å²) in [5.74, 6) is -3.01. The Labute approximate surface area is 191 Å². The summed E-state index contributed by atoms with van der Waals surface area (Å²) in [6.45, 7) is 3.38. The van der Waals surface area contributed by atoms with E-state index in [0.29, 0.717) is 18.4 Å². The maximum Gasteiger partial charge on any atom is 0.274 e. The summed E-state index contributed by atoms with van der Waals surface area (Å²) in [6, 6.07) is 13.3. The molecule has 2 aromatic rings. The second-order valence-corrected chi connectivity index (χ2v) is 8.73. The molecule has 1 heterocycles. The third-order valence-corrected chi connectivity index (χ3v) is 6.38. The zero-order valence-corrected chi connectivity index (χ0v) is 18.6. The van der Waals surface area contributed by atoms with Gasteiger partial charge in [-0.15, -0.1) is 0 Å². The highest BCUT2D eigenvalue weighted by Crippen LogP contribution is 2.38. The topological polar surface area (TPSA) is 74.8 Å². The zero-order valence-electron chi connectivity index (χ0n) is 17.9. The average Bonchev–Trinajstić information content (AvgIpc) is 3.01. The fourth-order valence-corrected chi connectivity index (χ4v) is 4.45. The zero-order chi connectivity index (χ0) is 23.0. The van der Waals surface area contributed by atoms with Gasteiger partial charge in [-0.3, -0.25) is 19.2 Å². The fourth-order valence-electron chi connectivity index (χ4n) is 4.23. The number of nitrogens with zero attached hydrogens (tertiary/aromatic N) is 2. The number of carbonyl (C=O) groups is 4. The summed E-state index contributed by atoms with van der Waals surface area (Å²) in [4.78, 5) is 53.0. The molecule has 0 saturated carbocycles. The molecule has 164 valence electrons. The molecule has 1 aliphatic heterocycles. The van der Waals surface area contributed by atoms with Gasteiger partial charge in [0.1, 0.15) is 6.54 Å². The van der Waals surface area contributed by atoms with E-state index in [-0.39, 0.29) is 16.4 Å². The van der Waals surface area contributed by atoms with Gasteiger partial charge in [0.25, 0.3) is 17.7 Å². The van der Waals surface area contributed by atoms with Gasteiger partial charge in [-0.25, -0.2) is 5.01 Å². The van der Waals surface area contributed by atoms with Crippen molar-refractivity contribution in [2.45, 2.75) is 26.7 Å². The van der Waals surface area contributed by atoms with E-state index < -0.39 is 36.1 Å². The van der Waals surface area contributed by atoms with Crippen LogP contribution in [0.15, 0.2) is 60.2 Å². The molecule has 0 unspecified atom stereocenters. The molecule has 0 spiro atoms. The standard InChI is InChI=1S/C25H23ClN2O4/c1-15-7-10-17(11-8-15)22(29)14-27(23(30)19-5-3-4-6-21(19)26)28-24(31)18-12-9-16(2)13-20(18)25(28)32/h3-11,18,20H,12-14H2,1-2H3/t18-,20-/m0/s1. The Kier molecular flexibility index (Phi) is 5.98. The van der Waals surface area contributed by atoms with Gasteiger partial charge in [0.15, 0.2) is 5.78 Å². The van der Waals surface area contributed by atoms with Crippen LogP contribution in [0.5, 0.6) is 0 Å². The summed E-state index contributed by atoms with van der Waals surface area (Å²) in [5, 5.41) is 2.01. The second kappa shape index (κ2) is 8.71. The SMILES string of the molecule is CC1=CC[C@@H]2C(=O)N(N(CC(=O)c3ccc(C)cc3)C(=O)c3ccccc3Cl)C(=O)[C@H]2C1. The van der Waals surface area contributed by atoms with Crippen molar-refractivity contribution in [1.82, 2.24) is 10.0 Å². The highest BCUT2D eigenvalue weighted by Gasteiger charge is 2.51. The van der Waals surface area contributed by atoms with Crippen LogP contribution in [0.25, 0.3) is 0 Å². The number of hydrogen-bond donors (Lipinski definition) is 0. The molecule has 2 aliphatic rings. The van der Waals surface area contributed by atoms with Crippen LogP contribution < -0.4 is 0 Å². The van der Waals surface area contributed by atoms with E-state index in [1.165, 1.54) is 6.07 Å². The molecule has 4 rings (SSSR count). The van der Waals surface area contributed by atoms with Crippen molar-refractivity contribution in [2.75, 3.05) is 6.54 Å². The number of rotatable bonds is 5. The van der Waals surface area contributed by atoms with Gasteiger partial charge < -0.3 is 0 Å². The number of imide groups is 1. The predicted molar refractivity (Wildman–Crippen MR) is 120 cm³/mol. The normalized spacial score (nSPS) is 20.1. The molecule has 3 amide bonds. The first-order valence-electron chi connectivity index (χ1n) is 10.5. The monoisotopic (exact) mass is 450 g/mol. The van der Waals surface area contributed by atoms with Crippen LogP contribution >= 0.6 is 11.6 Å². The maximum atomic E-state index is 13.5.